The molecule has 0 radical (unpaired) electrons. The summed E-state index contributed by atoms with van der Waals surface area (Å²) >= 11 is 0. The Balaban J connectivity index is 1.97. The van der Waals surface area contributed by atoms with Gasteiger partial charge in [-0.25, -0.2) is 0 Å². The second-order valence-corrected chi connectivity index (χ2v) is 5.12. The summed E-state index contributed by atoms with van der Waals surface area (Å²) in [6.07, 6.45) is 5.13. The van der Waals surface area contributed by atoms with Gasteiger partial charge in [-0.3, -0.25) is 9.48 Å². The van der Waals surface area contributed by atoms with Gasteiger partial charge in [0.15, 0.2) is 0 Å². The highest BCUT2D eigenvalue weighted by atomic mass is 16.1. The van der Waals surface area contributed by atoms with Crippen LogP contribution < -0.4 is 16.6 Å². The number of anilines is 1. The minimum Gasteiger partial charge on any atom is -0.382 e. The van der Waals surface area contributed by atoms with Crippen LogP contribution >= 0.6 is 0 Å². The van der Waals surface area contributed by atoms with E-state index in [1.165, 1.54) is 0 Å². The molecule has 2 aromatic rings. The average Bonchev–Trinajstić information content (AvgIpc) is 2.80. The number of aromatic nitrogens is 3. The Kier molecular flexibility index (Phi) is 5.16. The molecule has 0 fully saturated rings. The van der Waals surface area contributed by atoms with Crippen molar-refractivity contribution in [3.8, 4) is 0 Å². The van der Waals surface area contributed by atoms with Crippen LogP contribution in [0.2, 0.25) is 0 Å². The molecule has 114 valence electrons. The van der Waals surface area contributed by atoms with Crippen LogP contribution in [0.1, 0.15) is 17.7 Å². The van der Waals surface area contributed by atoms with Gasteiger partial charge in [0.1, 0.15) is 0 Å². The lowest BCUT2D eigenvalue weighted by Gasteiger charge is -2.08. The Morgan fingerprint density at radius 3 is 2.90 bits per heavy atom. The van der Waals surface area contributed by atoms with Crippen LogP contribution in [0, 0.1) is 6.92 Å². The van der Waals surface area contributed by atoms with Crippen molar-refractivity contribution in [1.29, 1.82) is 0 Å². The maximum atomic E-state index is 12.3. The fourth-order valence-corrected chi connectivity index (χ4v) is 2.22. The van der Waals surface area contributed by atoms with Crippen molar-refractivity contribution >= 4 is 5.69 Å². The maximum Gasteiger partial charge on any atom is 0.253 e. The molecule has 6 heteroatoms. The fourth-order valence-electron chi connectivity index (χ4n) is 2.22. The molecule has 0 saturated heterocycles. The van der Waals surface area contributed by atoms with Crippen LogP contribution in [-0.4, -0.2) is 27.4 Å². The Morgan fingerprint density at radius 1 is 1.43 bits per heavy atom. The predicted octanol–water partition coefficient (Wildman–Crippen LogP) is 0.894. The summed E-state index contributed by atoms with van der Waals surface area (Å²) in [6.45, 7) is 4.00. The van der Waals surface area contributed by atoms with E-state index >= 15 is 0 Å². The largest absolute Gasteiger partial charge is 0.382 e. The number of nitrogens with two attached hydrogens (primary N) is 1. The molecule has 0 aliphatic carbocycles. The van der Waals surface area contributed by atoms with Crippen molar-refractivity contribution < 1.29 is 0 Å². The van der Waals surface area contributed by atoms with Gasteiger partial charge in [-0.2, -0.15) is 5.10 Å². The molecule has 0 unspecified atom stereocenters. The number of hydrogen-bond acceptors (Lipinski definition) is 4. The van der Waals surface area contributed by atoms with Crippen molar-refractivity contribution in [3.63, 3.8) is 0 Å². The Hall–Kier alpha value is -2.08. The number of aryl methyl sites for hydroxylation is 2. The molecule has 0 atom stereocenters. The first-order valence-electron chi connectivity index (χ1n) is 7.24. The van der Waals surface area contributed by atoms with Crippen molar-refractivity contribution in [2.45, 2.75) is 26.3 Å². The molecule has 21 heavy (non-hydrogen) atoms. The summed E-state index contributed by atoms with van der Waals surface area (Å²) in [6, 6.07) is 3.81. The van der Waals surface area contributed by atoms with Gasteiger partial charge in [0.2, 0.25) is 0 Å². The van der Waals surface area contributed by atoms with Gasteiger partial charge in [0.25, 0.3) is 5.56 Å². The van der Waals surface area contributed by atoms with Crippen LogP contribution in [0.15, 0.2) is 29.3 Å². The van der Waals surface area contributed by atoms with Crippen molar-refractivity contribution in [3.05, 3.63) is 46.1 Å². The number of nitrogens with zero attached hydrogens (tertiary/aromatic N) is 3. The predicted molar refractivity (Wildman–Crippen MR) is 84.5 cm³/mol. The zero-order valence-electron chi connectivity index (χ0n) is 12.7. The molecule has 3 N–H and O–H groups in total. The van der Waals surface area contributed by atoms with E-state index in [0.29, 0.717) is 26.1 Å². The second kappa shape index (κ2) is 7.08. The van der Waals surface area contributed by atoms with E-state index in [1.54, 1.807) is 10.8 Å². The normalized spacial score (nSPS) is 10.8. The van der Waals surface area contributed by atoms with Crippen molar-refractivity contribution in [2.24, 2.45) is 12.8 Å². The first-order valence-corrected chi connectivity index (χ1v) is 7.24. The van der Waals surface area contributed by atoms with E-state index < -0.39 is 0 Å². The van der Waals surface area contributed by atoms with Crippen LogP contribution in [-0.2, 0) is 20.0 Å². The maximum absolute atomic E-state index is 12.3. The molecular weight excluding hydrogens is 266 g/mol. The SMILES string of the molecule is Cc1c(NCCc2cccn(CCCN)c2=O)cnn1C. The molecule has 2 aromatic heterocycles. The molecule has 0 saturated carbocycles. The monoisotopic (exact) mass is 289 g/mol. The number of hydrogen-bond donors (Lipinski definition) is 2. The summed E-state index contributed by atoms with van der Waals surface area (Å²) in [5.74, 6) is 0. The molecule has 0 aliphatic rings. The lowest BCUT2D eigenvalue weighted by molar-refractivity contribution is 0.624. The van der Waals surface area contributed by atoms with Gasteiger partial charge < -0.3 is 15.6 Å². The molecule has 0 spiro atoms. The smallest absolute Gasteiger partial charge is 0.253 e. The Bertz CT molecular complexity index is 644. The van der Waals surface area contributed by atoms with Gasteiger partial charge in [-0.1, -0.05) is 6.07 Å². The first kappa shape index (κ1) is 15.3. The first-order chi connectivity index (χ1) is 10.1. The molecule has 2 rings (SSSR count). The van der Waals surface area contributed by atoms with Crippen LogP contribution in [0.4, 0.5) is 5.69 Å². The molecular formula is C15H23N5O. The number of rotatable bonds is 7. The summed E-state index contributed by atoms with van der Waals surface area (Å²) in [4.78, 5) is 12.3. The minimum atomic E-state index is 0.0793. The zero-order chi connectivity index (χ0) is 15.2. The molecule has 0 aliphatic heterocycles. The van der Waals surface area contributed by atoms with E-state index in [-0.39, 0.29) is 5.56 Å². The summed E-state index contributed by atoms with van der Waals surface area (Å²) in [5.41, 5.74) is 8.49. The highest BCUT2D eigenvalue weighted by Gasteiger charge is 2.05. The highest BCUT2D eigenvalue weighted by molar-refractivity contribution is 5.45. The zero-order valence-corrected chi connectivity index (χ0v) is 12.7. The van der Waals surface area contributed by atoms with E-state index in [0.717, 1.165) is 23.4 Å². The van der Waals surface area contributed by atoms with Gasteiger partial charge in [0, 0.05) is 31.9 Å². The number of pyridine rings is 1. The summed E-state index contributed by atoms with van der Waals surface area (Å²) < 4.78 is 3.56. The summed E-state index contributed by atoms with van der Waals surface area (Å²) in [5, 5.41) is 7.50. The van der Waals surface area contributed by atoms with E-state index in [2.05, 4.69) is 10.4 Å². The quantitative estimate of drug-likeness (QED) is 0.793. The molecule has 0 bridgehead atoms. The standard InChI is InChI=1S/C15H23N5O/c1-12-14(11-18-19(12)2)17-8-6-13-5-3-9-20(15(13)21)10-4-7-16/h3,5,9,11,17H,4,6-8,10,16H2,1-2H3. The molecule has 0 aromatic carbocycles. The van der Waals surface area contributed by atoms with Crippen LogP contribution in [0.25, 0.3) is 0 Å². The second-order valence-electron chi connectivity index (χ2n) is 5.12. The fraction of sp³-hybridized carbons (Fsp3) is 0.467. The Labute approximate surface area is 124 Å². The van der Waals surface area contributed by atoms with Crippen molar-refractivity contribution in [2.75, 3.05) is 18.4 Å². The summed E-state index contributed by atoms with van der Waals surface area (Å²) in [7, 11) is 1.91. The topological polar surface area (TPSA) is 77.9 Å². The van der Waals surface area contributed by atoms with E-state index in [4.69, 9.17) is 5.73 Å². The number of nitrogens with one attached hydrogen (secondary N) is 1. The van der Waals surface area contributed by atoms with Gasteiger partial charge >= 0.3 is 0 Å². The van der Waals surface area contributed by atoms with Gasteiger partial charge in [-0.05, 0) is 32.4 Å². The van der Waals surface area contributed by atoms with Gasteiger partial charge in [-0.15, -0.1) is 0 Å². The third-order valence-electron chi connectivity index (χ3n) is 3.65. The van der Waals surface area contributed by atoms with E-state index in [1.807, 2.05) is 37.0 Å². The van der Waals surface area contributed by atoms with Crippen LogP contribution in [0.5, 0.6) is 0 Å². The Morgan fingerprint density at radius 2 is 2.24 bits per heavy atom. The highest BCUT2D eigenvalue weighted by Crippen LogP contribution is 2.11. The van der Waals surface area contributed by atoms with Crippen LogP contribution in [0.3, 0.4) is 0 Å². The molecule has 0 amide bonds. The molecule has 6 nitrogen and oxygen atoms in total. The average molecular weight is 289 g/mol. The van der Waals surface area contributed by atoms with Crippen molar-refractivity contribution in [1.82, 2.24) is 14.3 Å². The lowest BCUT2D eigenvalue weighted by atomic mass is 10.2. The molecule has 2 heterocycles. The minimum absolute atomic E-state index is 0.0793. The lowest BCUT2D eigenvalue weighted by Crippen LogP contribution is -2.25. The van der Waals surface area contributed by atoms with Gasteiger partial charge in [0.05, 0.1) is 17.6 Å². The van der Waals surface area contributed by atoms with E-state index in [9.17, 15) is 4.79 Å². The third kappa shape index (κ3) is 3.72. The third-order valence-corrected chi connectivity index (χ3v) is 3.65.